The van der Waals surface area contributed by atoms with Gasteiger partial charge in [0.05, 0.1) is 25.9 Å². The third-order valence-corrected chi connectivity index (χ3v) is 3.45. The molecule has 0 saturated carbocycles. The van der Waals surface area contributed by atoms with Gasteiger partial charge < -0.3 is 35.2 Å². The number of ether oxygens (including phenoxy) is 2. The predicted octanol–water partition coefficient (Wildman–Crippen LogP) is -3.82. The number of hydrogen-bond donors (Lipinski definition) is 6. The minimum atomic E-state index is -2.05. The van der Waals surface area contributed by atoms with E-state index >= 15 is 0 Å². The molecule has 1 fully saturated rings. The molecular formula is C12H22N2O8. The lowest BCUT2D eigenvalue weighted by molar-refractivity contribution is -0.229. The summed E-state index contributed by atoms with van der Waals surface area (Å²) >= 11 is 0. The number of hydrogen-bond acceptors (Lipinski definition) is 9. The van der Waals surface area contributed by atoms with Gasteiger partial charge in [-0.2, -0.15) is 0 Å². The van der Waals surface area contributed by atoms with Gasteiger partial charge in [-0.3, -0.25) is 10.5 Å². The molecule has 0 bridgehead atoms. The molecule has 1 saturated heterocycles. The molecule has 7 N–H and O–H groups in total. The number of esters is 1. The monoisotopic (exact) mass is 322 g/mol. The molecule has 0 aromatic carbocycles. The molecule has 6 unspecified atom stereocenters. The lowest BCUT2D eigenvalue weighted by atomic mass is 9.88. The summed E-state index contributed by atoms with van der Waals surface area (Å²) in [7, 11) is 1.07. The molecule has 1 rings (SSSR count). The van der Waals surface area contributed by atoms with Crippen LogP contribution in [-0.4, -0.2) is 82.2 Å². The number of nitrogens with two attached hydrogens (primary N) is 1. The van der Waals surface area contributed by atoms with Crippen molar-refractivity contribution in [2.24, 2.45) is 5.73 Å². The van der Waals surface area contributed by atoms with Gasteiger partial charge in [0.2, 0.25) is 11.6 Å². The Kier molecular flexibility index (Phi) is 6.23. The molecular weight excluding hydrogens is 300 g/mol. The van der Waals surface area contributed by atoms with Crippen LogP contribution in [0.2, 0.25) is 0 Å². The third kappa shape index (κ3) is 3.91. The van der Waals surface area contributed by atoms with Crippen molar-refractivity contribution < 1.29 is 39.5 Å². The van der Waals surface area contributed by atoms with E-state index in [4.69, 9.17) is 15.6 Å². The van der Waals surface area contributed by atoms with E-state index in [-0.39, 0.29) is 6.42 Å². The number of rotatable bonds is 5. The summed E-state index contributed by atoms with van der Waals surface area (Å²) in [4.78, 5) is 22.9. The van der Waals surface area contributed by atoms with E-state index in [2.05, 4.69) is 10.1 Å². The second kappa shape index (κ2) is 7.31. The van der Waals surface area contributed by atoms with Crippen LogP contribution in [-0.2, 0) is 19.1 Å². The molecule has 1 heterocycles. The van der Waals surface area contributed by atoms with Crippen molar-refractivity contribution in [3.8, 4) is 0 Å². The quantitative estimate of drug-likeness (QED) is 0.277. The average Bonchev–Trinajstić information content (AvgIpc) is 2.46. The maximum atomic E-state index is 11.7. The van der Waals surface area contributed by atoms with Crippen LogP contribution in [0.4, 0.5) is 0 Å². The maximum Gasteiger partial charge on any atom is 0.353 e. The highest BCUT2D eigenvalue weighted by atomic mass is 16.6. The van der Waals surface area contributed by atoms with E-state index in [1.165, 1.54) is 6.92 Å². The number of amides is 1. The van der Waals surface area contributed by atoms with Gasteiger partial charge in [0.15, 0.2) is 0 Å². The fraction of sp³-hybridized carbons (Fsp3) is 0.833. The van der Waals surface area contributed by atoms with Crippen LogP contribution in [0, 0.1) is 0 Å². The maximum absolute atomic E-state index is 11.7. The number of aliphatic hydroxyl groups excluding tert-OH is 4. The van der Waals surface area contributed by atoms with Gasteiger partial charge in [0, 0.05) is 13.3 Å². The lowest BCUT2D eigenvalue weighted by Gasteiger charge is -2.45. The van der Waals surface area contributed by atoms with Gasteiger partial charge in [-0.1, -0.05) is 0 Å². The molecule has 6 atom stereocenters. The van der Waals surface area contributed by atoms with E-state index in [9.17, 15) is 24.9 Å². The smallest absolute Gasteiger partial charge is 0.353 e. The van der Waals surface area contributed by atoms with Gasteiger partial charge in [0.1, 0.15) is 18.3 Å². The summed E-state index contributed by atoms with van der Waals surface area (Å²) in [5.41, 5.74) is 3.69. The standard InChI is InChI=1S/C12H22N2O8/c1-5(16)14-8-6(17)3-12(13,11(20)21-2)22-10(8)9(19)7(18)4-15/h6-10,15,17-19H,3-4,13H2,1-2H3,(H,14,16). The molecule has 0 radical (unpaired) electrons. The van der Waals surface area contributed by atoms with Crippen molar-refractivity contribution in [1.29, 1.82) is 0 Å². The largest absolute Gasteiger partial charge is 0.466 e. The lowest BCUT2D eigenvalue weighted by Crippen LogP contribution is -2.70. The van der Waals surface area contributed by atoms with Crippen molar-refractivity contribution in [2.75, 3.05) is 13.7 Å². The first-order chi connectivity index (χ1) is 10.2. The Morgan fingerprint density at radius 2 is 2.09 bits per heavy atom. The Balaban J connectivity index is 3.09. The molecule has 1 aliphatic heterocycles. The Morgan fingerprint density at radius 1 is 1.50 bits per heavy atom. The van der Waals surface area contributed by atoms with Crippen molar-refractivity contribution in [3.63, 3.8) is 0 Å². The average molecular weight is 322 g/mol. The number of nitrogens with one attached hydrogen (secondary N) is 1. The van der Waals surface area contributed by atoms with E-state index in [1.54, 1.807) is 0 Å². The van der Waals surface area contributed by atoms with Crippen LogP contribution < -0.4 is 11.1 Å². The molecule has 10 nitrogen and oxygen atoms in total. The summed E-state index contributed by atoms with van der Waals surface area (Å²) in [5.74, 6) is -1.51. The first-order valence-electron chi connectivity index (χ1n) is 6.63. The Hall–Kier alpha value is -1.30. The van der Waals surface area contributed by atoms with Gasteiger partial charge in [-0.05, 0) is 0 Å². The second-order valence-electron chi connectivity index (χ2n) is 5.20. The summed E-state index contributed by atoms with van der Waals surface area (Å²) in [6, 6.07) is -1.13. The van der Waals surface area contributed by atoms with Gasteiger partial charge in [0.25, 0.3) is 0 Å². The van der Waals surface area contributed by atoms with Crippen molar-refractivity contribution in [1.82, 2.24) is 5.32 Å². The Labute approximate surface area is 126 Å². The van der Waals surface area contributed by atoms with Crippen molar-refractivity contribution >= 4 is 11.9 Å². The molecule has 0 aromatic rings. The number of carbonyl (C=O) groups excluding carboxylic acids is 2. The summed E-state index contributed by atoms with van der Waals surface area (Å²) in [5, 5.41) is 41.0. The minimum Gasteiger partial charge on any atom is -0.466 e. The first kappa shape index (κ1) is 18.7. The van der Waals surface area contributed by atoms with Crippen LogP contribution in [0.3, 0.4) is 0 Å². The van der Waals surface area contributed by atoms with Gasteiger partial charge in [-0.25, -0.2) is 4.79 Å². The van der Waals surface area contributed by atoms with E-state index in [1.807, 2.05) is 0 Å². The van der Waals surface area contributed by atoms with E-state index < -0.39 is 54.7 Å². The summed E-state index contributed by atoms with van der Waals surface area (Å²) in [6.45, 7) is 0.392. The van der Waals surface area contributed by atoms with E-state index in [0.717, 1.165) is 7.11 Å². The normalized spacial score (nSPS) is 34.6. The molecule has 22 heavy (non-hydrogen) atoms. The van der Waals surface area contributed by atoms with Gasteiger partial charge in [-0.15, -0.1) is 0 Å². The second-order valence-corrected chi connectivity index (χ2v) is 5.20. The molecule has 0 spiro atoms. The number of aliphatic hydroxyl groups is 4. The Morgan fingerprint density at radius 3 is 2.55 bits per heavy atom. The molecule has 0 aliphatic carbocycles. The Bertz CT molecular complexity index is 420. The molecule has 10 heteroatoms. The fourth-order valence-electron chi connectivity index (χ4n) is 2.35. The molecule has 1 amide bonds. The first-order valence-corrected chi connectivity index (χ1v) is 6.63. The fourth-order valence-corrected chi connectivity index (χ4v) is 2.35. The van der Waals surface area contributed by atoms with Crippen LogP contribution in [0.25, 0.3) is 0 Å². The highest BCUT2D eigenvalue weighted by Gasteiger charge is 2.53. The van der Waals surface area contributed by atoms with Crippen LogP contribution in [0.15, 0.2) is 0 Å². The predicted molar refractivity (Wildman–Crippen MR) is 71.1 cm³/mol. The van der Waals surface area contributed by atoms with Crippen LogP contribution in [0.5, 0.6) is 0 Å². The SMILES string of the molecule is COC(=O)C1(N)CC(O)C(NC(C)=O)C(C(O)C(O)CO)O1. The van der Waals surface area contributed by atoms with Crippen LogP contribution in [0.1, 0.15) is 13.3 Å². The third-order valence-electron chi connectivity index (χ3n) is 3.45. The van der Waals surface area contributed by atoms with Gasteiger partial charge >= 0.3 is 5.97 Å². The summed E-state index contributed by atoms with van der Waals surface area (Å²) in [6.07, 6.45) is -6.48. The van der Waals surface area contributed by atoms with Crippen molar-refractivity contribution in [3.05, 3.63) is 0 Å². The highest BCUT2D eigenvalue weighted by Crippen LogP contribution is 2.29. The van der Waals surface area contributed by atoms with Crippen LogP contribution >= 0.6 is 0 Å². The highest BCUT2D eigenvalue weighted by molar-refractivity contribution is 5.79. The zero-order valence-corrected chi connectivity index (χ0v) is 12.3. The van der Waals surface area contributed by atoms with Crippen molar-refractivity contribution in [2.45, 2.75) is 49.5 Å². The zero-order chi connectivity index (χ0) is 17.1. The number of methoxy groups -OCH3 is 1. The minimum absolute atomic E-state index is 0.386. The van der Waals surface area contributed by atoms with E-state index in [0.29, 0.717) is 0 Å². The molecule has 0 aromatic heterocycles. The topological polar surface area (TPSA) is 172 Å². The number of carbonyl (C=O) groups is 2. The summed E-state index contributed by atoms with van der Waals surface area (Å²) < 4.78 is 9.79. The molecule has 128 valence electrons. The molecule has 1 aliphatic rings. The zero-order valence-electron chi connectivity index (χ0n) is 12.3.